The molecule has 1 aromatic heterocycles. The van der Waals surface area contributed by atoms with E-state index in [4.69, 9.17) is 0 Å². The van der Waals surface area contributed by atoms with E-state index in [1.54, 1.807) is 11.3 Å². The monoisotopic (exact) mass is 283 g/mol. The summed E-state index contributed by atoms with van der Waals surface area (Å²) in [6.07, 6.45) is 2.49. The average Bonchev–Trinajstić information content (AvgIpc) is 2.80. The first-order chi connectivity index (χ1) is 9.01. The Balaban J connectivity index is 2.59. The molecule has 3 nitrogen and oxygen atoms in total. The van der Waals surface area contributed by atoms with Crippen molar-refractivity contribution in [1.82, 2.24) is 15.2 Å². The molecule has 0 aliphatic heterocycles. The standard InChI is InChI=1S/C15H29N3S/c1-7-13(8-2)14(18(5)6)9-16-11(3)15-12(4)17-10-19-15/h10-11,13-14,16H,7-9H2,1-6H3. The minimum atomic E-state index is 0.393. The molecule has 4 heteroatoms. The molecule has 19 heavy (non-hydrogen) atoms. The van der Waals surface area contributed by atoms with Gasteiger partial charge in [-0.1, -0.05) is 26.7 Å². The second-order valence-corrected chi connectivity index (χ2v) is 6.43. The minimum absolute atomic E-state index is 0.393. The van der Waals surface area contributed by atoms with Crippen molar-refractivity contribution >= 4 is 11.3 Å². The van der Waals surface area contributed by atoms with Crippen LogP contribution in [-0.2, 0) is 0 Å². The topological polar surface area (TPSA) is 28.2 Å². The van der Waals surface area contributed by atoms with Crippen LogP contribution in [0.2, 0.25) is 0 Å². The fourth-order valence-corrected chi connectivity index (χ4v) is 3.56. The molecule has 0 radical (unpaired) electrons. The van der Waals surface area contributed by atoms with E-state index >= 15 is 0 Å². The van der Waals surface area contributed by atoms with E-state index in [0.29, 0.717) is 12.1 Å². The van der Waals surface area contributed by atoms with Gasteiger partial charge in [-0.15, -0.1) is 11.3 Å². The Hall–Kier alpha value is -0.450. The summed E-state index contributed by atoms with van der Waals surface area (Å²) in [5.74, 6) is 0.761. The molecule has 0 bridgehead atoms. The second-order valence-electron chi connectivity index (χ2n) is 5.54. The van der Waals surface area contributed by atoms with E-state index in [2.05, 4.69) is 57.0 Å². The van der Waals surface area contributed by atoms with Crippen molar-refractivity contribution in [3.05, 3.63) is 16.1 Å². The first-order valence-corrected chi connectivity index (χ1v) is 8.18. The summed E-state index contributed by atoms with van der Waals surface area (Å²) >= 11 is 1.75. The fourth-order valence-electron chi connectivity index (χ4n) is 2.72. The van der Waals surface area contributed by atoms with Gasteiger partial charge in [-0.05, 0) is 33.9 Å². The Morgan fingerprint density at radius 1 is 1.32 bits per heavy atom. The third kappa shape index (κ3) is 4.55. The zero-order valence-electron chi connectivity index (χ0n) is 13.2. The van der Waals surface area contributed by atoms with Crippen LogP contribution in [0.25, 0.3) is 0 Å². The molecule has 0 aliphatic carbocycles. The van der Waals surface area contributed by atoms with Gasteiger partial charge >= 0.3 is 0 Å². The van der Waals surface area contributed by atoms with Crippen LogP contribution in [0.15, 0.2) is 5.51 Å². The van der Waals surface area contributed by atoms with Gasteiger partial charge < -0.3 is 10.2 Å². The summed E-state index contributed by atoms with van der Waals surface area (Å²) in [6, 6.07) is 0.995. The van der Waals surface area contributed by atoms with Crippen LogP contribution in [0.4, 0.5) is 0 Å². The molecule has 1 N–H and O–H groups in total. The van der Waals surface area contributed by atoms with Crippen LogP contribution in [0, 0.1) is 12.8 Å². The van der Waals surface area contributed by atoms with Gasteiger partial charge in [0.05, 0.1) is 11.2 Å². The summed E-state index contributed by atoms with van der Waals surface area (Å²) in [6.45, 7) is 9.95. The van der Waals surface area contributed by atoms with Gasteiger partial charge in [0.15, 0.2) is 0 Å². The molecule has 1 rings (SSSR count). The SMILES string of the molecule is CCC(CC)C(CNC(C)c1scnc1C)N(C)C. The lowest BCUT2D eigenvalue weighted by molar-refractivity contribution is 0.190. The van der Waals surface area contributed by atoms with Gasteiger partial charge in [-0.25, -0.2) is 4.98 Å². The van der Waals surface area contributed by atoms with E-state index in [1.807, 2.05) is 5.51 Å². The highest BCUT2D eigenvalue weighted by molar-refractivity contribution is 7.09. The molecule has 0 aromatic carbocycles. The number of hydrogen-bond acceptors (Lipinski definition) is 4. The maximum absolute atomic E-state index is 4.34. The highest BCUT2D eigenvalue weighted by Gasteiger charge is 2.21. The van der Waals surface area contributed by atoms with Crippen LogP contribution < -0.4 is 5.32 Å². The third-order valence-electron chi connectivity index (χ3n) is 4.07. The third-order valence-corrected chi connectivity index (χ3v) is 5.18. The number of aryl methyl sites for hydroxylation is 1. The van der Waals surface area contributed by atoms with Gasteiger partial charge in [0, 0.05) is 23.5 Å². The lowest BCUT2D eigenvalue weighted by Gasteiger charge is -2.32. The molecule has 110 valence electrons. The Morgan fingerprint density at radius 2 is 1.95 bits per heavy atom. The predicted molar refractivity (Wildman–Crippen MR) is 84.8 cm³/mol. The Bertz CT molecular complexity index is 358. The van der Waals surface area contributed by atoms with Crippen molar-refractivity contribution in [2.75, 3.05) is 20.6 Å². The molecule has 0 fully saturated rings. The molecule has 0 spiro atoms. The number of aromatic nitrogens is 1. The zero-order chi connectivity index (χ0) is 14.4. The number of thiazole rings is 1. The molecule has 1 aromatic rings. The van der Waals surface area contributed by atoms with Crippen LogP contribution >= 0.6 is 11.3 Å². The van der Waals surface area contributed by atoms with Crippen LogP contribution in [0.3, 0.4) is 0 Å². The highest BCUT2D eigenvalue weighted by atomic mass is 32.1. The molecule has 2 unspecified atom stereocenters. The molecule has 0 aliphatic rings. The first-order valence-electron chi connectivity index (χ1n) is 7.30. The van der Waals surface area contributed by atoms with Crippen molar-refractivity contribution < 1.29 is 0 Å². The highest BCUT2D eigenvalue weighted by Crippen LogP contribution is 2.22. The van der Waals surface area contributed by atoms with Gasteiger partial charge in [0.2, 0.25) is 0 Å². The zero-order valence-corrected chi connectivity index (χ0v) is 14.0. The van der Waals surface area contributed by atoms with Crippen molar-refractivity contribution in [3.63, 3.8) is 0 Å². The van der Waals surface area contributed by atoms with E-state index < -0.39 is 0 Å². The summed E-state index contributed by atoms with van der Waals surface area (Å²) in [5, 5.41) is 3.69. The van der Waals surface area contributed by atoms with E-state index in [0.717, 1.165) is 18.2 Å². The summed E-state index contributed by atoms with van der Waals surface area (Å²) < 4.78 is 0. The summed E-state index contributed by atoms with van der Waals surface area (Å²) in [7, 11) is 4.38. The number of nitrogens with one attached hydrogen (secondary N) is 1. The van der Waals surface area contributed by atoms with Crippen molar-refractivity contribution in [1.29, 1.82) is 0 Å². The fraction of sp³-hybridized carbons (Fsp3) is 0.800. The van der Waals surface area contributed by atoms with E-state index in [9.17, 15) is 0 Å². The molecular weight excluding hydrogens is 254 g/mol. The Morgan fingerprint density at radius 3 is 2.37 bits per heavy atom. The summed E-state index contributed by atoms with van der Waals surface area (Å²) in [5.41, 5.74) is 3.10. The van der Waals surface area contributed by atoms with Crippen LogP contribution in [-0.4, -0.2) is 36.6 Å². The number of rotatable bonds is 8. The van der Waals surface area contributed by atoms with Gasteiger partial charge in [0.1, 0.15) is 0 Å². The largest absolute Gasteiger partial charge is 0.308 e. The maximum Gasteiger partial charge on any atom is 0.0798 e. The van der Waals surface area contributed by atoms with E-state index in [1.165, 1.54) is 17.7 Å². The predicted octanol–water partition coefficient (Wildman–Crippen LogP) is 3.47. The van der Waals surface area contributed by atoms with E-state index in [-0.39, 0.29) is 0 Å². The molecule has 0 saturated heterocycles. The molecule has 0 amide bonds. The number of hydrogen-bond donors (Lipinski definition) is 1. The number of likely N-dealkylation sites (N-methyl/N-ethyl adjacent to an activating group) is 1. The maximum atomic E-state index is 4.34. The van der Waals surface area contributed by atoms with Gasteiger partial charge in [-0.3, -0.25) is 0 Å². The van der Waals surface area contributed by atoms with Gasteiger partial charge in [-0.2, -0.15) is 0 Å². The molecule has 0 saturated carbocycles. The second kappa shape index (κ2) is 7.98. The average molecular weight is 283 g/mol. The smallest absolute Gasteiger partial charge is 0.0798 e. The molecule has 2 atom stereocenters. The first kappa shape index (κ1) is 16.6. The van der Waals surface area contributed by atoms with Gasteiger partial charge in [0.25, 0.3) is 0 Å². The lowest BCUT2D eigenvalue weighted by Crippen LogP contribution is -2.43. The quantitative estimate of drug-likeness (QED) is 0.792. The van der Waals surface area contributed by atoms with Crippen molar-refractivity contribution in [2.45, 2.75) is 52.6 Å². The summed E-state index contributed by atoms with van der Waals surface area (Å²) in [4.78, 5) is 8.06. The van der Waals surface area contributed by atoms with Crippen molar-refractivity contribution in [3.8, 4) is 0 Å². The minimum Gasteiger partial charge on any atom is -0.308 e. The Labute approximate surface area is 122 Å². The van der Waals surface area contributed by atoms with Crippen molar-refractivity contribution in [2.24, 2.45) is 5.92 Å². The normalized spacial score (nSPS) is 15.2. The lowest BCUT2D eigenvalue weighted by atomic mass is 9.93. The van der Waals surface area contributed by atoms with Crippen LogP contribution in [0.1, 0.15) is 50.2 Å². The van der Waals surface area contributed by atoms with Crippen LogP contribution in [0.5, 0.6) is 0 Å². The number of nitrogens with zero attached hydrogens (tertiary/aromatic N) is 2. The molecular formula is C15H29N3S. The Kier molecular flexibility index (Phi) is 6.97. The molecule has 1 heterocycles.